The first-order valence-electron chi connectivity index (χ1n) is 6.06. The first-order valence-corrected chi connectivity index (χ1v) is 7.24. The van der Waals surface area contributed by atoms with Crippen LogP contribution >= 0.6 is 27.5 Å². The second kappa shape index (κ2) is 6.35. The molecule has 19 heavy (non-hydrogen) atoms. The van der Waals surface area contributed by atoms with Crippen molar-refractivity contribution in [3.8, 4) is 0 Å². The lowest BCUT2D eigenvalue weighted by molar-refractivity contribution is 0.870. The highest BCUT2D eigenvalue weighted by Crippen LogP contribution is 2.24. The Labute approximate surface area is 126 Å². The molecule has 0 aliphatic carbocycles. The predicted octanol–water partition coefficient (Wildman–Crippen LogP) is 4.09. The average Bonchev–Trinajstić information content (AvgIpc) is 2.41. The molecule has 5 heteroatoms. The Kier molecular flexibility index (Phi) is 4.77. The van der Waals surface area contributed by atoms with E-state index in [1.165, 1.54) is 11.9 Å². The zero-order valence-corrected chi connectivity index (χ0v) is 13.2. The van der Waals surface area contributed by atoms with E-state index in [2.05, 4.69) is 49.9 Å². The number of anilines is 1. The van der Waals surface area contributed by atoms with Gasteiger partial charge in [-0.1, -0.05) is 46.6 Å². The molecule has 100 valence electrons. The van der Waals surface area contributed by atoms with Gasteiger partial charge in [-0.2, -0.15) is 0 Å². The van der Waals surface area contributed by atoms with Crippen molar-refractivity contribution in [2.75, 3.05) is 11.9 Å². The molecule has 0 amide bonds. The van der Waals surface area contributed by atoms with E-state index >= 15 is 0 Å². The third-order valence-corrected chi connectivity index (χ3v) is 3.77. The highest BCUT2D eigenvalue weighted by atomic mass is 79.9. The van der Waals surface area contributed by atoms with Gasteiger partial charge in [-0.25, -0.2) is 9.97 Å². The molecule has 0 unspecified atom stereocenters. The summed E-state index contributed by atoms with van der Waals surface area (Å²) in [5.74, 6) is 0.894. The lowest BCUT2D eigenvalue weighted by atomic mass is 10.2. The zero-order valence-electron chi connectivity index (χ0n) is 10.9. The van der Waals surface area contributed by atoms with Gasteiger partial charge in [0, 0.05) is 23.6 Å². The Balaban J connectivity index is 2.22. The molecule has 1 aromatic carbocycles. The third-order valence-electron chi connectivity index (χ3n) is 2.92. The minimum Gasteiger partial charge on any atom is -0.355 e. The van der Waals surface area contributed by atoms with Crippen molar-refractivity contribution >= 4 is 33.3 Å². The van der Waals surface area contributed by atoms with Gasteiger partial charge in [0.1, 0.15) is 17.3 Å². The Bertz CT molecular complexity index is 557. The molecule has 0 fully saturated rings. The molecule has 0 aliphatic rings. The maximum atomic E-state index is 6.11. The monoisotopic (exact) mass is 339 g/mol. The van der Waals surface area contributed by atoms with Crippen LogP contribution in [0.4, 0.5) is 5.82 Å². The fourth-order valence-corrected chi connectivity index (χ4v) is 2.48. The summed E-state index contributed by atoms with van der Waals surface area (Å²) in [5.41, 5.74) is 2.21. The Morgan fingerprint density at radius 1 is 1.21 bits per heavy atom. The van der Waals surface area contributed by atoms with Crippen LogP contribution in [0.3, 0.4) is 0 Å². The molecule has 1 aromatic heterocycles. The van der Waals surface area contributed by atoms with Crippen LogP contribution in [0, 0.1) is 0 Å². The summed E-state index contributed by atoms with van der Waals surface area (Å²) < 4.78 is 1.08. The topological polar surface area (TPSA) is 29.0 Å². The van der Waals surface area contributed by atoms with Crippen LogP contribution in [0.1, 0.15) is 18.1 Å². The summed E-state index contributed by atoms with van der Waals surface area (Å²) in [6.45, 7) is 2.84. The fraction of sp³-hybridized carbons (Fsp3) is 0.286. The Morgan fingerprint density at radius 2 is 1.89 bits per heavy atom. The van der Waals surface area contributed by atoms with Gasteiger partial charge >= 0.3 is 0 Å². The maximum absolute atomic E-state index is 6.11. The van der Waals surface area contributed by atoms with Crippen molar-refractivity contribution in [1.82, 2.24) is 9.97 Å². The summed E-state index contributed by atoms with van der Waals surface area (Å²) >= 11 is 9.55. The normalized spacial score (nSPS) is 10.5. The fourth-order valence-electron chi connectivity index (χ4n) is 1.95. The van der Waals surface area contributed by atoms with E-state index in [1.54, 1.807) is 0 Å². The van der Waals surface area contributed by atoms with E-state index in [0.29, 0.717) is 5.15 Å². The third kappa shape index (κ3) is 3.45. The molecule has 0 N–H and O–H groups in total. The highest BCUT2D eigenvalue weighted by Gasteiger charge is 2.12. The number of benzene rings is 1. The molecule has 2 rings (SSSR count). The van der Waals surface area contributed by atoms with Crippen LogP contribution in [0.15, 0.2) is 35.1 Å². The van der Waals surface area contributed by atoms with E-state index in [9.17, 15) is 0 Å². The van der Waals surface area contributed by atoms with Gasteiger partial charge in [0.05, 0.1) is 0 Å². The number of aromatic nitrogens is 2. The minimum atomic E-state index is 0.537. The molecule has 3 nitrogen and oxygen atoms in total. The predicted molar refractivity (Wildman–Crippen MR) is 82.7 cm³/mol. The van der Waals surface area contributed by atoms with Crippen LogP contribution in [-0.2, 0) is 13.0 Å². The number of rotatable bonds is 4. The summed E-state index contributed by atoms with van der Waals surface area (Å²) in [6, 6.07) is 8.26. The van der Waals surface area contributed by atoms with E-state index in [0.717, 1.165) is 28.8 Å². The Morgan fingerprint density at radius 3 is 2.53 bits per heavy atom. The molecule has 0 saturated carbocycles. The van der Waals surface area contributed by atoms with Gasteiger partial charge in [0.2, 0.25) is 0 Å². The molecule has 0 bridgehead atoms. The average molecular weight is 341 g/mol. The SMILES string of the molecule is CCc1c(Cl)ncnc1N(C)Cc1ccc(Br)cc1. The lowest BCUT2D eigenvalue weighted by Crippen LogP contribution is -2.19. The molecule has 1 heterocycles. The summed E-state index contributed by atoms with van der Waals surface area (Å²) in [7, 11) is 2.01. The van der Waals surface area contributed by atoms with Crippen LogP contribution in [-0.4, -0.2) is 17.0 Å². The molecular formula is C14H15BrClN3. The maximum Gasteiger partial charge on any atom is 0.137 e. The molecule has 0 saturated heterocycles. The smallest absolute Gasteiger partial charge is 0.137 e. The van der Waals surface area contributed by atoms with E-state index in [1.807, 2.05) is 19.2 Å². The van der Waals surface area contributed by atoms with E-state index < -0.39 is 0 Å². The van der Waals surface area contributed by atoms with Gasteiger partial charge < -0.3 is 4.90 Å². The van der Waals surface area contributed by atoms with Gasteiger partial charge in [-0.05, 0) is 24.1 Å². The van der Waals surface area contributed by atoms with E-state index in [-0.39, 0.29) is 0 Å². The van der Waals surface area contributed by atoms with Gasteiger partial charge in [-0.15, -0.1) is 0 Å². The second-order valence-corrected chi connectivity index (χ2v) is 5.58. The number of hydrogen-bond acceptors (Lipinski definition) is 3. The molecule has 0 aliphatic heterocycles. The van der Waals surface area contributed by atoms with Gasteiger partial charge in [0.25, 0.3) is 0 Å². The first-order chi connectivity index (χ1) is 9.11. The summed E-state index contributed by atoms with van der Waals surface area (Å²) in [6.07, 6.45) is 2.33. The Hall–Kier alpha value is -1.13. The number of nitrogens with zero attached hydrogens (tertiary/aromatic N) is 3. The number of hydrogen-bond donors (Lipinski definition) is 0. The van der Waals surface area contributed by atoms with Crippen molar-refractivity contribution in [2.45, 2.75) is 19.9 Å². The van der Waals surface area contributed by atoms with Crippen LogP contribution < -0.4 is 4.90 Å². The van der Waals surface area contributed by atoms with Crippen LogP contribution in [0.2, 0.25) is 5.15 Å². The minimum absolute atomic E-state index is 0.537. The van der Waals surface area contributed by atoms with Gasteiger partial charge in [0.15, 0.2) is 0 Å². The molecular weight excluding hydrogens is 326 g/mol. The molecule has 0 atom stereocenters. The lowest BCUT2D eigenvalue weighted by Gasteiger charge is -2.21. The summed E-state index contributed by atoms with van der Waals surface area (Å²) in [4.78, 5) is 10.5. The standard InChI is InChI=1S/C14H15BrClN3/c1-3-12-13(16)17-9-18-14(12)19(2)8-10-4-6-11(15)7-5-10/h4-7,9H,3,8H2,1-2H3. The van der Waals surface area contributed by atoms with Crippen molar-refractivity contribution in [1.29, 1.82) is 0 Å². The van der Waals surface area contributed by atoms with Crippen LogP contribution in [0.25, 0.3) is 0 Å². The molecule has 0 spiro atoms. The molecule has 0 radical (unpaired) electrons. The highest BCUT2D eigenvalue weighted by molar-refractivity contribution is 9.10. The van der Waals surface area contributed by atoms with E-state index in [4.69, 9.17) is 11.6 Å². The largest absolute Gasteiger partial charge is 0.355 e. The molecule has 2 aromatic rings. The summed E-state index contributed by atoms with van der Waals surface area (Å²) in [5, 5.41) is 0.537. The first kappa shape index (κ1) is 14.3. The second-order valence-electron chi connectivity index (χ2n) is 4.30. The van der Waals surface area contributed by atoms with Crippen molar-refractivity contribution < 1.29 is 0 Å². The van der Waals surface area contributed by atoms with Crippen LogP contribution in [0.5, 0.6) is 0 Å². The van der Waals surface area contributed by atoms with Crippen molar-refractivity contribution in [3.63, 3.8) is 0 Å². The quantitative estimate of drug-likeness (QED) is 0.785. The number of halogens is 2. The zero-order chi connectivity index (χ0) is 13.8. The van der Waals surface area contributed by atoms with Crippen molar-refractivity contribution in [3.05, 3.63) is 51.3 Å². The van der Waals surface area contributed by atoms with Gasteiger partial charge in [-0.3, -0.25) is 0 Å². The van der Waals surface area contributed by atoms with Crippen molar-refractivity contribution in [2.24, 2.45) is 0 Å².